The number of benzene rings is 1. The first-order chi connectivity index (χ1) is 16.5. The van der Waals surface area contributed by atoms with Gasteiger partial charge < -0.3 is 15.2 Å². The number of ketones is 1. The maximum Gasteiger partial charge on any atom is 0.253 e. The first-order valence-corrected chi connectivity index (χ1v) is 12.8. The number of piperidine rings is 1. The third-order valence-corrected chi connectivity index (χ3v) is 7.50. The molecule has 7 nitrogen and oxygen atoms in total. The number of carbonyl (C=O) groups is 2. The fraction of sp³-hybridized carbons (Fsp3) is 0.536. The van der Waals surface area contributed by atoms with Crippen LogP contribution >= 0.6 is 0 Å². The molecular weight excluding hydrogens is 438 g/mol. The smallest absolute Gasteiger partial charge is 0.253 e. The molecule has 2 N–H and O–H groups in total. The van der Waals surface area contributed by atoms with Gasteiger partial charge in [0.25, 0.3) is 5.91 Å². The second kappa shape index (κ2) is 8.63. The van der Waals surface area contributed by atoms with Gasteiger partial charge in [0.2, 0.25) is 0 Å². The molecule has 1 amide bonds. The number of allylic oxidation sites excluding steroid dienone is 1. The van der Waals surface area contributed by atoms with E-state index in [-0.39, 0.29) is 28.7 Å². The van der Waals surface area contributed by atoms with Gasteiger partial charge in [0.05, 0.1) is 11.2 Å². The summed E-state index contributed by atoms with van der Waals surface area (Å²) in [5.41, 5.74) is 6.93. The summed E-state index contributed by atoms with van der Waals surface area (Å²) >= 11 is 0. The van der Waals surface area contributed by atoms with Crippen LogP contribution in [-0.2, 0) is 4.79 Å². The van der Waals surface area contributed by atoms with E-state index < -0.39 is 0 Å². The molecule has 7 heteroatoms. The molecule has 0 radical (unpaired) electrons. The van der Waals surface area contributed by atoms with E-state index in [0.717, 1.165) is 48.2 Å². The molecule has 1 saturated heterocycles. The molecule has 2 aromatic rings. The lowest BCUT2D eigenvalue weighted by Gasteiger charge is -2.44. The number of nitrogens with one attached hydrogen (secondary N) is 2. The van der Waals surface area contributed by atoms with Gasteiger partial charge in [-0.1, -0.05) is 6.07 Å². The van der Waals surface area contributed by atoms with Crippen LogP contribution in [0.2, 0.25) is 0 Å². The van der Waals surface area contributed by atoms with Gasteiger partial charge in [-0.2, -0.15) is 0 Å². The predicted octanol–water partition coefficient (Wildman–Crippen LogP) is 4.51. The van der Waals surface area contributed by atoms with Crippen molar-refractivity contribution in [3.05, 3.63) is 47.2 Å². The van der Waals surface area contributed by atoms with Crippen molar-refractivity contribution in [3.63, 3.8) is 0 Å². The van der Waals surface area contributed by atoms with Crippen LogP contribution in [0.3, 0.4) is 0 Å². The molecule has 1 aromatic heterocycles. The number of pyridine rings is 1. The Hall–Kier alpha value is -2.93. The van der Waals surface area contributed by atoms with E-state index >= 15 is 0 Å². The zero-order valence-corrected chi connectivity index (χ0v) is 21.6. The number of Topliss-reactive ketones (excluding diaryl/α,β-unsaturated/α-hetero) is 1. The predicted molar refractivity (Wildman–Crippen MR) is 139 cm³/mol. The zero-order chi connectivity index (χ0) is 25.0. The summed E-state index contributed by atoms with van der Waals surface area (Å²) in [5, 5.41) is 6.46. The monoisotopic (exact) mass is 475 g/mol. The number of nitrogens with zero attached hydrogens (tertiary/aromatic N) is 3. The number of aromatic nitrogens is 1. The Balaban J connectivity index is 1.29. The fourth-order valence-electron chi connectivity index (χ4n) is 5.80. The maximum absolute atomic E-state index is 13.4. The van der Waals surface area contributed by atoms with Crippen molar-refractivity contribution >= 4 is 28.4 Å². The molecule has 1 spiro atoms. The molecule has 186 valence electrons. The molecule has 35 heavy (non-hydrogen) atoms. The van der Waals surface area contributed by atoms with Gasteiger partial charge in [-0.05, 0) is 89.1 Å². The zero-order valence-electron chi connectivity index (χ0n) is 21.6. The van der Waals surface area contributed by atoms with E-state index in [0.29, 0.717) is 25.1 Å². The first kappa shape index (κ1) is 23.8. The Morgan fingerprint density at radius 2 is 1.83 bits per heavy atom. The summed E-state index contributed by atoms with van der Waals surface area (Å²) in [7, 11) is 0. The topological polar surface area (TPSA) is 77.6 Å². The lowest BCUT2D eigenvalue weighted by atomic mass is 9.67. The highest BCUT2D eigenvalue weighted by Gasteiger charge is 2.45. The minimum atomic E-state index is -0.0865. The van der Waals surface area contributed by atoms with Crippen molar-refractivity contribution < 1.29 is 9.59 Å². The molecule has 0 bridgehead atoms. The Labute approximate surface area is 207 Å². The van der Waals surface area contributed by atoms with Crippen molar-refractivity contribution in [2.45, 2.75) is 71.9 Å². The van der Waals surface area contributed by atoms with Gasteiger partial charge in [0.15, 0.2) is 5.78 Å². The quantitative estimate of drug-likeness (QED) is 0.680. The largest absolute Gasteiger partial charge is 0.365 e. The number of rotatable bonds is 3. The van der Waals surface area contributed by atoms with Crippen LogP contribution in [0, 0.1) is 5.41 Å². The number of hydrogen-bond acceptors (Lipinski definition) is 6. The lowest BCUT2D eigenvalue weighted by Crippen LogP contribution is -2.46. The van der Waals surface area contributed by atoms with Crippen molar-refractivity contribution in [3.8, 4) is 0 Å². The highest BCUT2D eigenvalue weighted by molar-refractivity contribution is 5.99. The fourth-order valence-corrected chi connectivity index (χ4v) is 5.80. The first-order valence-electron chi connectivity index (χ1n) is 12.8. The van der Waals surface area contributed by atoms with E-state index in [9.17, 15) is 9.59 Å². The number of anilines is 1. The average Bonchev–Trinajstić information content (AvgIpc) is 3.22. The third kappa shape index (κ3) is 4.66. The molecule has 3 heterocycles. The standard InChI is InChI=1S/C28H37N5O2/c1-18(2)33-25-21(17-29-33)15-28(16-23(25)34)10-12-32(13-11-28)26(35)20-7-6-19-8-9-24(30-22(19)14-20)31-27(3,4)5/h6-9,14,18,29H,10-13,15-17H2,1-5H3,(H,30,31). The van der Waals surface area contributed by atoms with Crippen LogP contribution in [0.1, 0.15) is 70.7 Å². The minimum Gasteiger partial charge on any atom is -0.365 e. The Morgan fingerprint density at radius 3 is 2.51 bits per heavy atom. The molecule has 2 aliphatic heterocycles. The van der Waals surface area contributed by atoms with Crippen molar-refractivity contribution in [1.29, 1.82) is 0 Å². The maximum atomic E-state index is 13.4. The summed E-state index contributed by atoms with van der Waals surface area (Å²) in [4.78, 5) is 33.2. The Bertz CT molecular complexity index is 1200. The number of amides is 1. The lowest BCUT2D eigenvalue weighted by molar-refractivity contribution is -0.121. The number of likely N-dealkylation sites (tertiary alicyclic amines) is 1. The van der Waals surface area contributed by atoms with Crippen LogP contribution in [0.5, 0.6) is 0 Å². The normalized spacial score (nSPS) is 20.2. The average molecular weight is 476 g/mol. The molecule has 0 unspecified atom stereocenters. The van der Waals surface area contributed by atoms with Gasteiger partial charge in [-0.3, -0.25) is 9.59 Å². The Morgan fingerprint density at radius 1 is 1.11 bits per heavy atom. The van der Waals surface area contributed by atoms with Gasteiger partial charge in [-0.25, -0.2) is 10.4 Å². The summed E-state index contributed by atoms with van der Waals surface area (Å²) < 4.78 is 0. The molecular formula is C28H37N5O2. The van der Waals surface area contributed by atoms with Crippen LogP contribution in [-0.4, -0.2) is 57.8 Å². The van der Waals surface area contributed by atoms with Crippen molar-refractivity contribution in [1.82, 2.24) is 20.3 Å². The summed E-state index contributed by atoms with van der Waals surface area (Å²) in [6.45, 7) is 12.7. The van der Waals surface area contributed by atoms with Gasteiger partial charge in [0, 0.05) is 48.6 Å². The number of fused-ring (bicyclic) bond motifs is 1. The van der Waals surface area contributed by atoms with Gasteiger partial charge >= 0.3 is 0 Å². The third-order valence-electron chi connectivity index (χ3n) is 7.50. The molecule has 1 aromatic carbocycles. The van der Waals surface area contributed by atoms with Crippen LogP contribution in [0.15, 0.2) is 41.6 Å². The van der Waals surface area contributed by atoms with Crippen molar-refractivity contribution in [2.24, 2.45) is 5.41 Å². The van der Waals surface area contributed by atoms with Gasteiger partial charge in [0.1, 0.15) is 5.82 Å². The SMILES string of the molecule is CC(C)N1NCC2=C1C(=O)CC1(CCN(C(=O)c3ccc4ccc(NC(C)(C)C)nc4c3)CC1)C2. The van der Waals surface area contributed by atoms with Crippen LogP contribution < -0.4 is 10.7 Å². The summed E-state index contributed by atoms with van der Waals surface area (Å²) in [5.74, 6) is 1.11. The highest BCUT2D eigenvalue weighted by Crippen LogP contribution is 2.47. The van der Waals surface area contributed by atoms with Crippen molar-refractivity contribution in [2.75, 3.05) is 25.0 Å². The van der Waals surface area contributed by atoms with E-state index in [1.54, 1.807) is 0 Å². The summed E-state index contributed by atoms with van der Waals surface area (Å²) in [6, 6.07) is 10.1. The second-order valence-corrected chi connectivity index (χ2v) is 11.8. The number of carbonyl (C=O) groups excluding carboxylic acids is 2. The molecule has 1 aliphatic carbocycles. The van der Waals surface area contributed by atoms with E-state index in [4.69, 9.17) is 4.98 Å². The minimum absolute atomic E-state index is 0.0141. The van der Waals surface area contributed by atoms with Crippen LogP contribution in [0.4, 0.5) is 5.82 Å². The molecule has 0 atom stereocenters. The van der Waals surface area contributed by atoms with E-state index in [1.165, 1.54) is 5.57 Å². The molecule has 3 aliphatic rings. The number of hydrazine groups is 1. The molecule has 1 fully saturated rings. The molecule has 0 saturated carbocycles. The van der Waals surface area contributed by atoms with Gasteiger partial charge in [-0.15, -0.1) is 0 Å². The van der Waals surface area contributed by atoms with Crippen LogP contribution in [0.25, 0.3) is 10.9 Å². The second-order valence-electron chi connectivity index (χ2n) is 11.8. The van der Waals surface area contributed by atoms with E-state index in [1.807, 2.05) is 40.2 Å². The highest BCUT2D eigenvalue weighted by atomic mass is 16.2. The Kier molecular flexibility index (Phi) is 5.86. The molecule has 5 rings (SSSR count). The summed E-state index contributed by atoms with van der Waals surface area (Å²) in [6.07, 6.45) is 3.28. The number of hydrogen-bond donors (Lipinski definition) is 2. The van der Waals surface area contributed by atoms with E-state index in [2.05, 4.69) is 45.4 Å².